The average Bonchev–Trinajstić information content (AvgIpc) is 3.04. The molecule has 0 saturated heterocycles. The van der Waals surface area contributed by atoms with Crippen molar-refractivity contribution in [1.29, 1.82) is 0 Å². The number of aromatic nitrogens is 3. The molecule has 0 spiro atoms. The van der Waals surface area contributed by atoms with Gasteiger partial charge in [0.15, 0.2) is 5.82 Å². The number of amides is 1. The molecule has 0 bridgehead atoms. The highest BCUT2D eigenvalue weighted by molar-refractivity contribution is 6.03. The van der Waals surface area contributed by atoms with Gasteiger partial charge in [-0.05, 0) is 51.1 Å². The number of nitrogens with zero attached hydrogens (tertiary/aromatic N) is 3. The van der Waals surface area contributed by atoms with E-state index < -0.39 is 0 Å². The minimum absolute atomic E-state index is 0.229. The van der Waals surface area contributed by atoms with Gasteiger partial charge in [0.1, 0.15) is 5.76 Å². The van der Waals surface area contributed by atoms with E-state index in [1.807, 2.05) is 36.7 Å². The first-order valence-corrected chi connectivity index (χ1v) is 6.91. The summed E-state index contributed by atoms with van der Waals surface area (Å²) in [5.74, 6) is 0.827. The standard InChI is InChI=1S/C16H16N4O2/c1-10-8-11(2)20(18-10)14-6-4-13(5-7-14)16(21)17-15-9-12(3)22-19-15/h4-9H,1-3H3,(H,17,19,21). The molecule has 0 radical (unpaired) electrons. The van der Waals surface area contributed by atoms with Crippen LogP contribution in [0.25, 0.3) is 5.69 Å². The zero-order valence-electron chi connectivity index (χ0n) is 12.6. The van der Waals surface area contributed by atoms with Gasteiger partial charge in [0.05, 0.1) is 11.4 Å². The van der Waals surface area contributed by atoms with Crippen molar-refractivity contribution in [3.63, 3.8) is 0 Å². The van der Waals surface area contributed by atoms with Gasteiger partial charge >= 0.3 is 0 Å². The summed E-state index contributed by atoms with van der Waals surface area (Å²) in [4.78, 5) is 12.1. The largest absolute Gasteiger partial charge is 0.360 e. The second kappa shape index (κ2) is 5.48. The van der Waals surface area contributed by atoms with Crippen molar-refractivity contribution >= 4 is 11.7 Å². The van der Waals surface area contributed by atoms with Crippen molar-refractivity contribution in [3.8, 4) is 5.69 Å². The first-order valence-electron chi connectivity index (χ1n) is 6.91. The fraction of sp³-hybridized carbons (Fsp3) is 0.188. The number of aryl methyl sites for hydroxylation is 3. The van der Waals surface area contributed by atoms with Gasteiger partial charge in [-0.25, -0.2) is 4.68 Å². The Labute approximate surface area is 127 Å². The number of nitrogens with one attached hydrogen (secondary N) is 1. The molecule has 3 rings (SSSR count). The molecule has 2 heterocycles. The fourth-order valence-corrected chi connectivity index (χ4v) is 2.26. The highest BCUT2D eigenvalue weighted by atomic mass is 16.5. The maximum atomic E-state index is 12.1. The Morgan fingerprint density at radius 1 is 1.14 bits per heavy atom. The SMILES string of the molecule is Cc1cc(C)n(-c2ccc(C(=O)Nc3cc(C)on3)cc2)n1. The molecule has 0 aliphatic heterocycles. The van der Waals surface area contributed by atoms with Crippen LogP contribution < -0.4 is 5.32 Å². The van der Waals surface area contributed by atoms with Crippen molar-refractivity contribution in [2.45, 2.75) is 20.8 Å². The number of rotatable bonds is 3. The van der Waals surface area contributed by atoms with Crippen molar-refractivity contribution in [3.05, 3.63) is 59.1 Å². The summed E-state index contributed by atoms with van der Waals surface area (Å²) < 4.78 is 6.76. The predicted octanol–water partition coefficient (Wildman–Crippen LogP) is 3.04. The predicted molar refractivity (Wildman–Crippen MR) is 82.2 cm³/mol. The van der Waals surface area contributed by atoms with Crippen LogP contribution in [0.15, 0.2) is 40.9 Å². The first kappa shape index (κ1) is 14.1. The highest BCUT2D eigenvalue weighted by Gasteiger charge is 2.10. The number of carbonyl (C=O) groups is 1. The van der Waals surface area contributed by atoms with E-state index in [0.29, 0.717) is 17.1 Å². The monoisotopic (exact) mass is 296 g/mol. The molecule has 0 atom stereocenters. The Kier molecular flexibility index (Phi) is 3.50. The van der Waals surface area contributed by atoms with Crippen LogP contribution in [-0.4, -0.2) is 20.8 Å². The number of hydrogen-bond donors (Lipinski definition) is 1. The molecule has 0 aliphatic rings. The Hall–Kier alpha value is -2.89. The van der Waals surface area contributed by atoms with Crippen molar-refractivity contribution in [2.75, 3.05) is 5.32 Å². The van der Waals surface area contributed by atoms with Crippen LogP contribution in [-0.2, 0) is 0 Å². The Balaban J connectivity index is 1.79. The molecule has 22 heavy (non-hydrogen) atoms. The second-order valence-electron chi connectivity index (χ2n) is 5.16. The van der Waals surface area contributed by atoms with E-state index >= 15 is 0 Å². The molecule has 0 saturated carbocycles. The Bertz CT molecular complexity index is 815. The van der Waals surface area contributed by atoms with Crippen LogP contribution in [0.5, 0.6) is 0 Å². The Morgan fingerprint density at radius 3 is 2.41 bits per heavy atom. The van der Waals surface area contributed by atoms with Gasteiger partial charge in [-0.1, -0.05) is 5.16 Å². The lowest BCUT2D eigenvalue weighted by atomic mass is 10.2. The van der Waals surface area contributed by atoms with E-state index in [0.717, 1.165) is 17.1 Å². The van der Waals surface area contributed by atoms with Gasteiger partial charge in [0.2, 0.25) is 0 Å². The summed E-state index contributed by atoms with van der Waals surface area (Å²) in [5.41, 5.74) is 3.47. The van der Waals surface area contributed by atoms with Gasteiger partial charge in [0.25, 0.3) is 5.91 Å². The lowest BCUT2D eigenvalue weighted by Gasteiger charge is -2.06. The maximum Gasteiger partial charge on any atom is 0.256 e. The van der Waals surface area contributed by atoms with Crippen molar-refractivity contribution < 1.29 is 9.32 Å². The highest BCUT2D eigenvalue weighted by Crippen LogP contribution is 2.14. The van der Waals surface area contributed by atoms with E-state index in [1.165, 1.54) is 0 Å². The number of hydrogen-bond acceptors (Lipinski definition) is 4. The van der Waals surface area contributed by atoms with Crippen molar-refractivity contribution in [2.24, 2.45) is 0 Å². The van der Waals surface area contributed by atoms with Crippen LogP contribution in [0, 0.1) is 20.8 Å². The number of anilines is 1. The molecule has 1 N–H and O–H groups in total. The third-order valence-corrected chi connectivity index (χ3v) is 3.25. The number of carbonyl (C=O) groups excluding carboxylic acids is 1. The third kappa shape index (κ3) is 2.76. The minimum Gasteiger partial charge on any atom is -0.360 e. The van der Waals surface area contributed by atoms with Gasteiger partial charge in [-0.3, -0.25) is 4.79 Å². The van der Waals surface area contributed by atoms with Gasteiger partial charge in [-0.2, -0.15) is 5.10 Å². The quantitative estimate of drug-likeness (QED) is 0.806. The normalized spacial score (nSPS) is 10.7. The van der Waals surface area contributed by atoms with Crippen LogP contribution in [0.1, 0.15) is 27.5 Å². The summed E-state index contributed by atoms with van der Waals surface area (Å²) in [5, 5.41) is 10.8. The third-order valence-electron chi connectivity index (χ3n) is 3.25. The Morgan fingerprint density at radius 2 is 1.86 bits per heavy atom. The zero-order chi connectivity index (χ0) is 15.7. The smallest absolute Gasteiger partial charge is 0.256 e. The summed E-state index contributed by atoms with van der Waals surface area (Å²) in [6, 6.07) is 10.9. The maximum absolute atomic E-state index is 12.1. The average molecular weight is 296 g/mol. The van der Waals surface area contributed by atoms with Crippen LogP contribution in [0.2, 0.25) is 0 Å². The van der Waals surface area contributed by atoms with Gasteiger partial charge < -0.3 is 9.84 Å². The molecule has 6 nitrogen and oxygen atoms in total. The lowest BCUT2D eigenvalue weighted by molar-refractivity contribution is 0.102. The lowest BCUT2D eigenvalue weighted by Crippen LogP contribution is -2.12. The molecule has 1 amide bonds. The topological polar surface area (TPSA) is 73.0 Å². The number of benzene rings is 1. The van der Waals surface area contributed by atoms with Gasteiger partial charge in [-0.15, -0.1) is 0 Å². The molecule has 0 fully saturated rings. The second-order valence-corrected chi connectivity index (χ2v) is 5.16. The van der Waals surface area contributed by atoms with E-state index in [1.54, 1.807) is 25.1 Å². The van der Waals surface area contributed by atoms with Crippen LogP contribution in [0.4, 0.5) is 5.82 Å². The summed E-state index contributed by atoms with van der Waals surface area (Å²) in [6.07, 6.45) is 0. The van der Waals surface area contributed by atoms with E-state index in [9.17, 15) is 4.79 Å². The minimum atomic E-state index is -0.229. The molecule has 112 valence electrons. The van der Waals surface area contributed by atoms with E-state index in [-0.39, 0.29) is 5.91 Å². The molecular weight excluding hydrogens is 280 g/mol. The van der Waals surface area contributed by atoms with E-state index in [2.05, 4.69) is 15.6 Å². The first-order chi connectivity index (χ1) is 10.5. The molecule has 3 aromatic rings. The van der Waals surface area contributed by atoms with E-state index in [4.69, 9.17) is 4.52 Å². The molecule has 0 unspecified atom stereocenters. The molecular formula is C16H16N4O2. The molecule has 2 aromatic heterocycles. The molecule has 6 heteroatoms. The fourth-order valence-electron chi connectivity index (χ4n) is 2.26. The van der Waals surface area contributed by atoms with Gasteiger partial charge in [0, 0.05) is 17.3 Å². The molecule has 0 aliphatic carbocycles. The summed E-state index contributed by atoms with van der Waals surface area (Å²) in [6.45, 7) is 5.71. The van der Waals surface area contributed by atoms with Crippen molar-refractivity contribution in [1.82, 2.24) is 14.9 Å². The molecule has 1 aromatic carbocycles. The summed E-state index contributed by atoms with van der Waals surface area (Å²) >= 11 is 0. The zero-order valence-corrected chi connectivity index (χ0v) is 12.6. The van der Waals surface area contributed by atoms with Crippen LogP contribution >= 0.6 is 0 Å². The summed E-state index contributed by atoms with van der Waals surface area (Å²) in [7, 11) is 0. The van der Waals surface area contributed by atoms with Crippen LogP contribution in [0.3, 0.4) is 0 Å².